The molecule has 4 N–H and O–H groups in total. The maximum absolute atomic E-state index is 13.7. The van der Waals surface area contributed by atoms with Gasteiger partial charge in [-0.1, -0.05) is 60.7 Å². The molecule has 2 aromatic carbocycles. The highest BCUT2D eigenvalue weighted by Gasteiger charge is 2.44. The summed E-state index contributed by atoms with van der Waals surface area (Å²) in [6.45, 7) is 9.04. The van der Waals surface area contributed by atoms with Crippen molar-refractivity contribution in [3.8, 4) is 0 Å². The van der Waals surface area contributed by atoms with E-state index in [-0.39, 0.29) is 18.3 Å². The van der Waals surface area contributed by atoms with Crippen molar-refractivity contribution >= 4 is 30.0 Å². The van der Waals surface area contributed by atoms with Crippen LogP contribution < -0.4 is 21.3 Å². The summed E-state index contributed by atoms with van der Waals surface area (Å²) < 4.78 is 7.04. The summed E-state index contributed by atoms with van der Waals surface area (Å²) in [7, 11) is 0. The third-order valence-electron chi connectivity index (χ3n) is 7.55. The molecule has 234 valence electrons. The van der Waals surface area contributed by atoms with Crippen LogP contribution in [0, 0.1) is 0 Å². The molecule has 44 heavy (non-hydrogen) atoms. The number of carbonyl (C=O) groups excluding carboxylic acids is 4. The van der Waals surface area contributed by atoms with Gasteiger partial charge in [-0.3, -0.25) is 9.59 Å². The Bertz CT molecular complexity index is 1440. The van der Waals surface area contributed by atoms with Crippen LogP contribution in [0.25, 0.3) is 0 Å². The van der Waals surface area contributed by atoms with Crippen LogP contribution in [0.1, 0.15) is 58.6 Å². The van der Waals surface area contributed by atoms with Crippen LogP contribution in [-0.4, -0.2) is 63.5 Å². The van der Waals surface area contributed by atoms with E-state index < -0.39 is 40.6 Å². The van der Waals surface area contributed by atoms with Gasteiger partial charge in [0.15, 0.2) is 12.1 Å². The number of rotatable bonds is 11. The molecule has 0 spiro atoms. The normalized spacial score (nSPS) is 17.2. The number of nitrogens with zero attached hydrogens (tertiary/aromatic N) is 2. The number of nitrogens with one attached hydrogen (secondary N) is 4. The summed E-state index contributed by atoms with van der Waals surface area (Å²) in [6, 6.07) is 17.6. The molecular formula is C33H42N6O5. The van der Waals surface area contributed by atoms with Crippen molar-refractivity contribution in [3.05, 3.63) is 84.3 Å². The maximum atomic E-state index is 13.7. The lowest BCUT2D eigenvalue weighted by molar-refractivity contribution is -0.130. The standard InChI is InChI=1S/C33H42N6O5/c1-31(2,3)44-30(43)38-32(4,5)29(42)36-25(19-23-13-8-6-9-14-23)28(41)37-27-20-39(22-35-27)33(21-40,26-17-12-18-34-26)24-15-10-7-11-16-24/h6-11,13-16,20-22,25-26,34H,12,17-19H2,1-5H3,(H,36,42)(H,37,41)(H,38,43)/t25-,26?,33?/m1/s1. The minimum Gasteiger partial charge on any atom is -0.444 e. The summed E-state index contributed by atoms with van der Waals surface area (Å²) in [5, 5.41) is 11.6. The van der Waals surface area contributed by atoms with Crippen molar-refractivity contribution in [1.82, 2.24) is 25.5 Å². The van der Waals surface area contributed by atoms with E-state index in [1.54, 1.807) is 31.5 Å². The van der Waals surface area contributed by atoms with Crippen LogP contribution in [0.15, 0.2) is 73.2 Å². The van der Waals surface area contributed by atoms with Crippen molar-refractivity contribution in [2.75, 3.05) is 11.9 Å². The predicted molar refractivity (Wildman–Crippen MR) is 167 cm³/mol. The first-order valence-electron chi connectivity index (χ1n) is 14.8. The van der Waals surface area contributed by atoms with Gasteiger partial charge in [0.25, 0.3) is 0 Å². The molecular weight excluding hydrogens is 560 g/mol. The molecule has 0 radical (unpaired) electrons. The molecule has 1 fully saturated rings. The van der Waals surface area contributed by atoms with Crippen LogP contribution >= 0.6 is 0 Å². The zero-order valence-electron chi connectivity index (χ0n) is 25.9. The minimum atomic E-state index is -1.38. The molecule has 2 unspecified atom stereocenters. The molecule has 3 amide bonds. The molecule has 3 aromatic rings. The number of ether oxygens (including phenoxy) is 1. The summed E-state index contributed by atoms with van der Waals surface area (Å²) in [4.78, 5) is 56.7. The third-order valence-corrected chi connectivity index (χ3v) is 7.55. The second-order valence-corrected chi connectivity index (χ2v) is 12.6. The van der Waals surface area contributed by atoms with E-state index in [0.29, 0.717) is 0 Å². The predicted octanol–water partition coefficient (Wildman–Crippen LogP) is 3.55. The van der Waals surface area contributed by atoms with Gasteiger partial charge in [0, 0.05) is 18.7 Å². The SMILES string of the molecule is CC(C)(C)OC(=O)NC(C)(C)C(=O)N[C@H](Cc1ccccc1)C(=O)Nc1cn(C(C=O)(c2ccccc2)C2CCCN2)cn1. The lowest BCUT2D eigenvalue weighted by Crippen LogP contribution is -2.59. The van der Waals surface area contributed by atoms with Crippen molar-refractivity contribution in [3.63, 3.8) is 0 Å². The maximum Gasteiger partial charge on any atom is 0.408 e. The van der Waals surface area contributed by atoms with Crippen LogP contribution in [-0.2, 0) is 31.1 Å². The Morgan fingerprint density at radius 2 is 1.70 bits per heavy atom. The van der Waals surface area contributed by atoms with Gasteiger partial charge in [-0.15, -0.1) is 0 Å². The van der Waals surface area contributed by atoms with Crippen LogP contribution in [0.2, 0.25) is 0 Å². The monoisotopic (exact) mass is 602 g/mol. The summed E-state index contributed by atoms with van der Waals surface area (Å²) in [5.74, 6) is -0.842. The number of anilines is 1. The van der Waals surface area contributed by atoms with E-state index in [4.69, 9.17) is 4.74 Å². The van der Waals surface area contributed by atoms with Gasteiger partial charge in [0.05, 0.1) is 6.33 Å². The molecule has 1 aliphatic rings. The Balaban J connectivity index is 1.57. The van der Waals surface area contributed by atoms with Gasteiger partial charge in [-0.05, 0) is 65.1 Å². The van der Waals surface area contributed by atoms with Crippen molar-refractivity contribution in [2.45, 2.75) is 82.6 Å². The van der Waals surface area contributed by atoms with Gasteiger partial charge >= 0.3 is 6.09 Å². The molecule has 2 heterocycles. The first-order chi connectivity index (χ1) is 20.8. The fourth-order valence-corrected chi connectivity index (χ4v) is 5.32. The number of aldehydes is 1. The number of hydrogen-bond donors (Lipinski definition) is 4. The van der Waals surface area contributed by atoms with E-state index >= 15 is 0 Å². The van der Waals surface area contributed by atoms with Crippen molar-refractivity contribution in [2.24, 2.45) is 0 Å². The average Bonchev–Trinajstić information content (AvgIpc) is 3.67. The summed E-state index contributed by atoms with van der Waals surface area (Å²) in [5.41, 5.74) is -1.56. The summed E-state index contributed by atoms with van der Waals surface area (Å²) in [6.07, 6.45) is 5.27. The Labute approximate surface area is 258 Å². The zero-order valence-corrected chi connectivity index (χ0v) is 25.9. The quantitative estimate of drug-likeness (QED) is 0.246. The van der Waals surface area contributed by atoms with Gasteiger partial charge < -0.3 is 35.4 Å². The minimum absolute atomic E-state index is 0.162. The highest BCUT2D eigenvalue weighted by molar-refractivity contribution is 5.98. The molecule has 11 nitrogen and oxygen atoms in total. The fourth-order valence-electron chi connectivity index (χ4n) is 5.32. The largest absolute Gasteiger partial charge is 0.444 e. The van der Waals surface area contributed by atoms with Crippen LogP contribution in [0.5, 0.6) is 0 Å². The number of hydrogen-bond acceptors (Lipinski definition) is 7. The van der Waals surface area contributed by atoms with Crippen LogP contribution in [0.3, 0.4) is 0 Å². The van der Waals surface area contributed by atoms with E-state index in [2.05, 4.69) is 26.3 Å². The molecule has 1 saturated heterocycles. The molecule has 11 heteroatoms. The zero-order chi connectivity index (χ0) is 32.0. The van der Waals surface area contributed by atoms with E-state index in [9.17, 15) is 19.2 Å². The fraction of sp³-hybridized carbons (Fsp3) is 0.424. The number of aromatic nitrogens is 2. The lowest BCUT2D eigenvalue weighted by atomic mass is 9.82. The molecule has 0 bridgehead atoms. The Kier molecular flexibility index (Phi) is 9.88. The first kappa shape index (κ1) is 32.4. The van der Waals surface area contributed by atoms with Crippen LogP contribution in [0.4, 0.5) is 10.6 Å². The number of amides is 3. The highest BCUT2D eigenvalue weighted by Crippen LogP contribution is 2.33. The van der Waals surface area contributed by atoms with Gasteiger partial charge in [0.2, 0.25) is 11.8 Å². The van der Waals surface area contributed by atoms with E-state index in [1.165, 1.54) is 20.2 Å². The van der Waals surface area contributed by atoms with E-state index in [1.807, 2.05) is 60.7 Å². The molecule has 0 saturated carbocycles. The van der Waals surface area contributed by atoms with Crippen molar-refractivity contribution < 1.29 is 23.9 Å². The molecule has 3 atom stereocenters. The smallest absolute Gasteiger partial charge is 0.408 e. The second-order valence-electron chi connectivity index (χ2n) is 12.6. The van der Waals surface area contributed by atoms with Gasteiger partial charge in [0.1, 0.15) is 22.7 Å². The molecule has 1 aliphatic heterocycles. The molecule has 1 aromatic heterocycles. The number of imidazole rings is 1. The van der Waals surface area contributed by atoms with E-state index in [0.717, 1.165) is 36.8 Å². The number of benzene rings is 2. The Morgan fingerprint density at radius 1 is 1.05 bits per heavy atom. The topological polar surface area (TPSA) is 143 Å². The second kappa shape index (κ2) is 13.4. The molecule has 0 aliphatic carbocycles. The average molecular weight is 603 g/mol. The Hall–Kier alpha value is -4.51. The first-order valence-corrected chi connectivity index (χ1v) is 14.8. The van der Waals surface area contributed by atoms with Gasteiger partial charge in [-0.2, -0.15) is 0 Å². The number of alkyl carbamates (subject to hydrolysis) is 1. The van der Waals surface area contributed by atoms with Crippen molar-refractivity contribution in [1.29, 1.82) is 0 Å². The molecule has 4 rings (SSSR count). The third kappa shape index (κ3) is 7.71. The lowest BCUT2D eigenvalue weighted by Gasteiger charge is -2.36. The summed E-state index contributed by atoms with van der Waals surface area (Å²) >= 11 is 0. The Morgan fingerprint density at radius 3 is 2.30 bits per heavy atom. The van der Waals surface area contributed by atoms with Gasteiger partial charge in [-0.25, -0.2) is 9.78 Å². The highest BCUT2D eigenvalue weighted by atomic mass is 16.6. The number of carbonyl (C=O) groups is 4.